The molecular weight excluding hydrogens is 244 g/mol. The van der Waals surface area contributed by atoms with E-state index in [0.29, 0.717) is 25.4 Å². The number of methoxy groups -OCH3 is 2. The Kier molecular flexibility index (Phi) is 7.59. The maximum absolute atomic E-state index is 8.46. The fourth-order valence-corrected chi connectivity index (χ4v) is 1.63. The van der Waals surface area contributed by atoms with Crippen LogP contribution in [0.5, 0.6) is 5.75 Å². The zero-order chi connectivity index (χ0) is 13.9. The van der Waals surface area contributed by atoms with Crippen LogP contribution in [-0.2, 0) is 16.0 Å². The predicted octanol–water partition coefficient (Wildman–Crippen LogP) is 1.34. The van der Waals surface area contributed by atoms with Crippen molar-refractivity contribution in [3.63, 3.8) is 0 Å². The van der Waals surface area contributed by atoms with E-state index in [9.17, 15) is 0 Å². The Balaban J connectivity index is 2.38. The van der Waals surface area contributed by atoms with Crippen LogP contribution < -0.4 is 10.1 Å². The van der Waals surface area contributed by atoms with Crippen LogP contribution in [-0.4, -0.2) is 40.1 Å². The molecule has 0 aliphatic rings. The third-order valence-corrected chi connectivity index (χ3v) is 2.59. The number of rotatable bonds is 9. The van der Waals surface area contributed by atoms with Gasteiger partial charge in [0.25, 0.3) is 0 Å². The van der Waals surface area contributed by atoms with Crippen molar-refractivity contribution in [2.45, 2.75) is 12.6 Å². The fourth-order valence-electron chi connectivity index (χ4n) is 1.63. The largest absolute Gasteiger partial charge is 0.479 e. The Morgan fingerprint density at radius 3 is 2.89 bits per heavy atom. The average molecular weight is 264 g/mol. The number of nitrogens with one attached hydrogen (secondary N) is 1. The third-order valence-electron chi connectivity index (χ3n) is 2.59. The zero-order valence-electron chi connectivity index (χ0n) is 11.4. The van der Waals surface area contributed by atoms with Crippen molar-refractivity contribution in [3.8, 4) is 11.8 Å². The van der Waals surface area contributed by atoms with E-state index in [1.165, 1.54) is 0 Å². The van der Waals surface area contributed by atoms with Crippen LogP contribution in [0.4, 0.5) is 0 Å². The monoisotopic (exact) mass is 264 g/mol. The highest BCUT2D eigenvalue weighted by Crippen LogP contribution is 2.12. The van der Waals surface area contributed by atoms with Crippen molar-refractivity contribution in [3.05, 3.63) is 29.8 Å². The van der Waals surface area contributed by atoms with Gasteiger partial charge < -0.3 is 19.5 Å². The normalized spacial score (nSPS) is 11.8. The molecule has 0 aromatic heterocycles. The molecule has 0 saturated carbocycles. The summed E-state index contributed by atoms with van der Waals surface area (Å²) in [6, 6.07) is 9.62. The minimum atomic E-state index is 0.0445. The molecule has 1 aromatic carbocycles. The molecule has 1 unspecified atom stereocenters. The fraction of sp³-hybridized carbons (Fsp3) is 0.500. The molecule has 104 valence electrons. The molecule has 0 heterocycles. The van der Waals surface area contributed by atoms with Gasteiger partial charge in [0.15, 0.2) is 6.61 Å². The standard InChI is InChI=1S/C14H20N2O3/c1-17-11-14(18-2)10-16-9-12-4-3-5-13(8-12)19-7-6-15/h3-5,8,14,16H,7,9-11H2,1-2H3. The lowest BCUT2D eigenvalue weighted by Crippen LogP contribution is -2.31. The molecule has 19 heavy (non-hydrogen) atoms. The lowest BCUT2D eigenvalue weighted by Gasteiger charge is -2.15. The summed E-state index contributed by atoms with van der Waals surface area (Å²) in [4.78, 5) is 0. The van der Waals surface area contributed by atoms with Gasteiger partial charge in [-0.1, -0.05) is 12.1 Å². The van der Waals surface area contributed by atoms with Crippen LogP contribution in [0.2, 0.25) is 0 Å². The molecule has 1 aromatic rings. The molecule has 0 amide bonds. The van der Waals surface area contributed by atoms with Gasteiger partial charge in [0.1, 0.15) is 11.8 Å². The second-order valence-corrected chi connectivity index (χ2v) is 4.04. The molecule has 1 atom stereocenters. The van der Waals surface area contributed by atoms with Crippen molar-refractivity contribution in [2.75, 3.05) is 34.0 Å². The predicted molar refractivity (Wildman–Crippen MR) is 71.9 cm³/mol. The maximum Gasteiger partial charge on any atom is 0.174 e. The van der Waals surface area contributed by atoms with E-state index in [1.807, 2.05) is 30.3 Å². The summed E-state index contributed by atoms with van der Waals surface area (Å²) in [5, 5.41) is 11.8. The summed E-state index contributed by atoms with van der Waals surface area (Å²) < 4.78 is 15.6. The summed E-state index contributed by atoms with van der Waals surface area (Å²) in [5.74, 6) is 0.709. The number of ether oxygens (including phenoxy) is 3. The molecule has 1 rings (SSSR count). The minimum Gasteiger partial charge on any atom is -0.479 e. The lowest BCUT2D eigenvalue weighted by atomic mass is 10.2. The Bertz CT molecular complexity index is 404. The first-order valence-electron chi connectivity index (χ1n) is 6.11. The van der Waals surface area contributed by atoms with Gasteiger partial charge in [-0.2, -0.15) is 5.26 Å². The van der Waals surface area contributed by atoms with E-state index in [0.717, 1.165) is 5.56 Å². The highest BCUT2D eigenvalue weighted by atomic mass is 16.5. The zero-order valence-corrected chi connectivity index (χ0v) is 11.4. The number of hydrogen-bond donors (Lipinski definition) is 1. The summed E-state index contributed by atoms with van der Waals surface area (Å²) >= 11 is 0. The van der Waals surface area contributed by atoms with E-state index in [2.05, 4.69) is 5.32 Å². The third kappa shape index (κ3) is 6.20. The molecule has 0 spiro atoms. The van der Waals surface area contributed by atoms with Crippen molar-refractivity contribution >= 4 is 0 Å². The molecule has 0 bridgehead atoms. The van der Waals surface area contributed by atoms with Crippen molar-refractivity contribution in [1.82, 2.24) is 5.32 Å². The Hall–Kier alpha value is -1.61. The molecule has 5 nitrogen and oxygen atoms in total. The number of nitrogens with zero attached hydrogens (tertiary/aromatic N) is 1. The van der Waals surface area contributed by atoms with E-state index >= 15 is 0 Å². The van der Waals surface area contributed by atoms with Crippen LogP contribution in [0.15, 0.2) is 24.3 Å². The summed E-state index contributed by atoms with van der Waals surface area (Å²) in [6.07, 6.45) is 0.0445. The van der Waals surface area contributed by atoms with Gasteiger partial charge >= 0.3 is 0 Å². The van der Waals surface area contributed by atoms with Gasteiger partial charge in [-0.05, 0) is 17.7 Å². The van der Waals surface area contributed by atoms with Gasteiger partial charge in [0, 0.05) is 27.3 Å². The highest BCUT2D eigenvalue weighted by Gasteiger charge is 2.05. The second kappa shape index (κ2) is 9.34. The molecule has 5 heteroatoms. The number of benzene rings is 1. The smallest absolute Gasteiger partial charge is 0.174 e. The number of hydrogen-bond acceptors (Lipinski definition) is 5. The van der Waals surface area contributed by atoms with Crippen molar-refractivity contribution < 1.29 is 14.2 Å². The Labute approximate surface area is 114 Å². The van der Waals surface area contributed by atoms with Crippen LogP contribution in [0.1, 0.15) is 5.56 Å². The Morgan fingerprint density at radius 1 is 1.37 bits per heavy atom. The minimum absolute atomic E-state index is 0.0445. The lowest BCUT2D eigenvalue weighted by molar-refractivity contribution is 0.0288. The highest BCUT2D eigenvalue weighted by molar-refractivity contribution is 5.28. The van der Waals surface area contributed by atoms with Gasteiger partial charge in [-0.25, -0.2) is 0 Å². The molecule has 0 fully saturated rings. The SMILES string of the molecule is COCC(CNCc1cccc(OCC#N)c1)OC. The van der Waals surface area contributed by atoms with Gasteiger partial charge in [0.05, 0.1) is 12.7 Å². The quantitative estimate of drug-likeness (QED) is 0.729. The van der Waals surface area contributed by atoms with Crippen LogP contribution in [0.25, 0.3) is 0 Å². The van der Waals surface area contributed by atoms with E-state index in [4.69, 9.17) is 19.5 Å². The summed E-state index contributed by atoms with van der Waals surface area (Å²) in [5.41, 5.74) is 1.10. The van der Waals surface area contributed by atoms with E-state index in [1.54, 1.807) is 14.2 Å². The molecule has 0 aliphatic heterocycles. The van der Waals surface area contributed by atoms with E-state index in [-0.39, 0.29) is 12.7 Å². The molecular formula is C14H20N2O3. The maximum atomic E-state index is 8.46. The van der Waals surface area contributed by atoms with Crippen LogP contribution in [0.3, 0.4) is 0 Å². The Morgan fingerprint density at radius 2 is 2.21 bits per heavy atom. The van der Waals surface area contributed by atoms with Gasteiger partial charge in [-0.3, -0.25) is 0 Å². The molecule has 0 aliphatic carbocycles. The first kappa shape index (κ1) is 15.4. The number of nitriles is 1. The summed E-state index contributed by atoms with van der Waals surface area (Å²) in [6.45, 7) is 2.06. The first-order chi connectivity index (χ1) is 9.30. The van der Waals surface area contributed by atoms with Crippen molar-refractivity contribution in [1.29, 1.82) is 5.26 Å². The molecule has 1 N–H and O–H groups in total. The average Bonchev–Trinajstić information content (AvgIpc) is 2.44. The molecule has 0 radical (unpaired) electrons. The first-order valence-corrected chi connectivity index (χ1v) is 6.11. The van der Waals surface area contributed by atoms with Crippen LogP contribution in [0, 0.1) is 11.3 Å². The van der Waals surface area contributed by atoms with Gasteiger partial charge in [-0.15, -0.1) is 0 Å². The second-order valence-electron chi connectivity index (χ2n) is 4.04. The van der Waals surface area contributed by atoms with Gasteiger partial charge in [0.2, 0.25) is 0 Å². The van der Waals surface area contributed by atoms with Crippen LogP contribution >= 0.6 is 0 Å². The van der Waals surface area contributed by atoms with E-state index < -0.39 is 0 Å². The summed E-state index contributed by atoms with van der Waals surface area (Å²) in [7, 11) is 3.32. The van der Waals surface area contributed by atoms with Crippen molar-refractivity contribution in [2.24, 2.45) is 0 Å². The topological polar surface area (TPSA) is 63.5 Å². The molecule has 0 saturated heterocycles.